The summed E-state index contributed by atoms with van der Waals surface area (Å²) in [7, 11) is 3.28. The molecule has 0 spiro atoms. The summed E-state index contributed by atoms with van der Waals surface area (Å²) in [5, 5.41) is 9.12. The zero-order valence-electron chi connectivity index (χ0n) is 11.0. The van der Waals surface area contributed by atoms with E-state index in [0.717, 1.165) is 11.3 Å². The number of hydrogen-bond donors (Lipinski definition) is 0. The molecule has 100 valence electrons. The predicted molar refractivity (Wildman–Crippen MR) is 68.3 cm³/mol. The molecule has 0 atom stereocenters. The smallest absolute Gasteiger partial charge is 0.247 e. The molecule has 0 saturated carbocycles. The fourth-order valence-corrected chi connectivity index (χ4v) is 2.07. The number of amides is 1. The fraction of sp³-hybridized carbons (Fsp3) is 0.429. The van der Waals surface area contributed by atoms with Crippen LogP contribution in [0.3, 0.4) is 0 Å². The minimum Gasteiger partial charge on any atom is -0.496 e. The number of para-hydroxylation sites is 1. The van der Waals surface area contributed by atoms with E-state index in [1.807, 2.05) is 24.3 Å². The van der Waals surface area contributed by atoms with Crippen LogP contribution in [-0.4, -0.2) is 38.2 Å². The summed E-state index contributed by atoms with van der Waals surface area (Å²) in [6.07, 6.45) is 0. The number of hydrogen-bond acceptors (Lipinski definition) is 4. The number of rotatable bonds is 4. The zero-order chi connectivity index (χ0) is 13.9. The topological polar surface area (TPSA) is 62.6 Å². The third kappa shape index (κ3) is 2.40. The van der Waals surface area contributed by atoms with Gasteiger partial charge in [-0.3, -0.25) is 4.79 Å². The van der Waals surface area contributed by atoms with Crippen molar-refractivity contribution >= 4 is 5.91 Å². The van der Waals surface area contributed by atoms with Gasteiger partial charge >= 0.3 is 0 Å². The lowest BCUT2D eigenvalue weighted by atomic mass is 9.86. The van der Waals surface area contributed by atoms with Gasteiger partial charge in [0.15, 0.2) is 5.41 Å². The van der Waals surface area contributed by atoms with Crippen LogP contribution >= 0.6 is 0 Å². The molecule has 1 aromatic carbocycles. The second kappa shape index (κ2) is 5.29. The van der Waals surface area contributed by atoms with Crippen molar-refractivity contribution in [3.63, 3.8) is 0 Å². The van der Waals surface area contributed by atoms with Gasteiger partial charge < -0.3 is 14.4 Å². The summed E-state index contributed by atoms with van der Waals surface area (Å²) in [6, 6.07) is 9.58. The van der Waals surface area contributed by atoms with E-state index in [0.29, 0.717) is 6.54 Å². The Hall–Kier alpha value is -2.06. The summed E-state index contributed by atoms with van der Waals surface area (Å²) >= 11 is 0. The molecule has 0 aromatic heterocycles. The van der Waals surface area contributed by atoms with Gasteiger partial charge in [0.1, 0.15) is 5.75 Å². The monoisotopic (exact) mass is 260 g/mol. The first-order valence-electron chi connectivity index (χ1n) is 5.99. The molecule has 1 fully saturated rings. The first-order valence-corrected chi connectivity index (χ1v) is 5.99. The molecule has 1 aliphatic rings. The number of benzene rings is 1. The number of methoxy groups -OCH3 is 1. The highest BCUT2D eigenvalue weighted by atomic mass is 16.5. The van der Waals surface area contributed by atoms with Crippen LogP contribution < -0.4 is 4.74 Å². The standard InChI is InChI=1S/C14H16N2O3/c1-16(13(17)14(8-15)9-19-10-14)7-11-5-3-4-6-12(11)18-2/h3-6H,7,9-10H2,1-2H3. The molecule has 1 saturated heterocycles. The van der Waals surface area contributed by atoms with E-state index in [4.69, 9.17) is 14.7 Å². The molecule has 0 unspecified atom stereocenters. The van der Waals surface area contributed by atoms with Crippen molar-refractivity contribution in [2.45, 2.75) is 6.54 Å². The van der Waals surface area contributed by atoms with E-state index in [2.05, 4.69) is 6.07 Å². The summed E-state index contributed by atoms with van der Waals surface area (Å²) in [5.41, 5.74) is -0.0919. The van der Waals surface area contributed by atoms with Crippen LogP contribution in [0, 0.1) is 16.7 Å². The van der Waals surface area contributed by atoms with Crippen molar-refractivity contribution in [1.29, 1.82) is 5.26 Å². The molecular weight excluding hydrogens is 244 g/mol. The van der Waals surface area contributed by atoms with Crippen LogP contribution in [0.5, 0.6) is 5.75 Å². The van der Waals surface area contributed by atoms with Crippen LogP contribution in [-0.2, 0) is 16.1 Å². The third-order valence-electron chi connectivity index (χ3n) is 3.27. The van der Waals surface area contributed by atoms with Crippen molar-refractivity contribution in [2.24, 2.45) is 5.41 Å². The quantitative estimate of drug-likeness (QED) is 0.816. The minimum atomic E-state index is -1.00. The molecule has 0 N–H and O–H groups in total. The van der Waals surface area contributed by atoms with Gasteiger partial charge in [-0.15, -0.1) is 0 Å². The molecule has 19 heavy (non-hydrogen) atoms. The summed E-state index contributed by atoms with van der Waals surface area (Å²) < 4.78 is 10.3. The lowest BCUT2D eigenvalue weighted by Gasteiger charge is -2.36. The number of carbonyl (C=O) groups excluding carboxylic acids is 1. The van der Waals surface area contributed by atoms with Crippen LogP contribution in [0.4, 0.5) is 0 Å². The van der Waals surface area contributed by atoms with Crippen molar-refractivity contribution in [1.82, 2.24) is 4.90 Å². The van der Waals surface area contributed by atoms with E-state index < -0.39 is 5.41 Å². The van der Waals surface area contributed by atoms with E-state index in [-0.39, 0.29) is 19.1 Å². The van der Waals surface area contributed by atoms with Gasteiger partial charge in [-0.2, -0.15) is 5.26 Å². The Morgan fingerprint density at radius 3 is 2.74 bits per heavy atom. The minimum absolute atomic E-state index is 0.179. The SMILES string of the molecule is COc1ccccc1CN(C)C(=O)C1(C#N)COC1. The maximum Gasteiger partial charge on any atom is 0.247 e. The van der Waals surface area contributed by atoms with Gasteiger partial charge in [0.05, 0.1) is 26.4 Å². The van der Waals surface area contributed by atoms with E-state index in [1.54, 1.807) is 19.1 Å². The first kappa shape index (κ1) is 13.4. The molecular formula is C14H16N2O3. The molecule has 0 bridgehead atoms. The molecule has 1 amide bonds. The second-order valence-corrected chi connectivity index (χ2v) is 4.66. The number of nitrogens with zero attached hydrogens (tertiary/aromatic N) is 2. The van der Waals surface area contributed by atoms with Crippen LogP contribution in [0.2, 0.25) is 0 Å². The summed E-state index contributed by atoms with van der Waals surface area (Å²) in [4.78, 5) is 13.8. The third-order valence-corrected chi connectivity index (χ3v) is 3.27. The fourth-order valence-electron chi connectivity index (χ4n) is 2.07. The van der Waals surface area contributed by atoms with Crippen LogP contribution in [0.1, 0.15) is 5.56 Å². The molecule has 1 aliphatic heterocycles. The normalized spacial score (nSPS) is 16.1. The first-order chi connectivity index (χ1) is 9.13. The van der Waals surface area contributed by atoms with Gasteiger partial charge in [0, 0.05) is 19.2 Å². The molecule has 0 radical (unpaired) electrons. The van der Waals surface area contributed by atoms with Crippen LogP contribution in [0.15, 0.2) is 24.3 Å². The molecule has 1 aromatic rings. The Balaban J connectivity index is 2.11. The second-order valence-electron chi connectivity index (χ2n) is 4.66. The van der Waals surface area contributed by atoms with E-state index in [1.165, 1.54) is 0 Å². The maximum atomic E-state index is 12.3. The van der Waals surface area contributed by atoms with E-state index >= 15 is 0 Å². The highest BCUT2D eigenvalue weighted by molar-refractivity contribution is 5.86. The Kier molecular flexibility index (Phi) is 3.72. The Morgan fingerprint density at radius 2 is 2.21 bits per heavy atom. The average Bonchev–Trinajstić information content (AvgIpc) is 2.38. The molecule has 5 nitrogen and oxygen atoms in total. The van der Waals surface area contributed by atoms with Crippen LogP contribution in [0.25, 0.3) is 0 Å². The lowest BCUT2D eigenvalue weighted by Crippen LogP contribution is -2.53. The molecule has 5 heteroatoms. The van der Waals surface area contributed by atoms with Gasteiger partial charge in [-0.25, -0.2) is 0 Å². The number of ether oxygens (including phenoxy) is 2. The lowest BCUT2D eigenvalue weighted by molar-refractivity contribution is -0.160. The van der Waals surface area contributed by atoms with Crippen molar-refractivity contribution in [3.8, 4) is 11.8 Å². The van der Waals surface area contributed by atoms with Crippen molar-refractivity contribution in [3.05, 3.63) is 29.8 Å². The van der Waals surface area contributed by atoms with E-state index in [9.17, 15) is 4.79 Å². The van der Waals surface area contributed by atoms with Gasteiger partial charge in [0.25, 0.3) is 0 Å². The molecule has 2 rings (SSSR count). The largest absolute Gasteiger partial charge is 0.496 e. The highest BCUT2D eigenvalue weighted by Gasteiger charge is 2.48. The van der Waals surface area contributed by atoms with Crippen molar-refractivity contribution in [2.75, 3.05) is 27.4 Å². The average molecular weight is 260 g/mol. The Labute approximate surface area is 112 Å². The summed E-state index contributed by atoms with van der Waals surface area (Å²) in [6.45, 7) is 0.767. The van der Waals surface area contributed by atoms with Gasteiger partial charge in [-0.1, -0.05) is 18.2 Å². The van der Waals surface area contributed by atoms with Gasteiger partial charge in [-0.05, 0) is 6.07 Å². The van der Waals surface area contributed by atoms with Gasteiger partial charge in [0.2, 0.25) is 5.91 Å². The highest BCUT2D eigenvalue weighted by Crippen LogP contribution is 2.30. The maximum absolute atomic E-state index is 12.3. The Morgan fingerprint density at radius 1 is 1.53 bits per heavy atom. The molecule has 1 heterocycles. The Bertz CT molecular complexity index is 518. The summed E-state index contributed by atoms with van der Waals surface area (Å²) in [5.74, 6) is 0.533. The number of carbonyl (C=O) groups is 1. The zero-order valence-corrected chi connectivity index (χ0v) is 11.0. The number of nitriles is 1. The van der Waals surface area contributed by atoms with Crippen molar-refractivity contribution < 1.29 is 14.3 Å². The molecule has 0 aliphatic carbocycles. The predicted octanol–water partition coefficient (Wildman–Crippen LogP) is 1.19.